The van der Waals surface area contributed by atoms with Crippen molar-refractivity contribution in [2.45, 2.75) is 51.1 Å². The minimum atomic E-state index is 0.282. The Hall–Kier alpha value is -3.38. The van der Waals surface area contributed by atoms with Crippen LogP contribution in [0, 0.1) is 19.8 Å². The quantitative estimate of drug-likeness (QED) is 0.176. The lowest BCUT2D eigenvalue weighted by Gasteiger charge is -2.32. The second-order valence-electron chi connectivity index (χ2n) is 10.3. The molecule has 0 saturated carbocycles. The maximum absolute atomic E-state index is 12.9. The first kappa shape index (κ1) is 26.2. The highest BCUT2D eigenvalue weighted by Gasteiger charge is 2.23. The summed E-state index contributed by atoms with van der Waals surface area (Å²) in [5.41, 5.74) is 5.93. The third-order valence-corrected chi connectivity index (χ3v) is 8.35. The number of piperidine rings is 1. The second-order valence-corrected chi connectivity index (χ2v) is 11.4. The molecule has 38 heavy (non-hydrogen) atoms. The zero-order valence-corrected chi connectivity index (χ0v) is 23.2. The number of carbonyl (C=O) groups is 1. The van der Waals surface area contributed by atoms with Crippen LogP contribution in [-0.4, -0.2) is 44.4 Å². The first-order valence-corrected chi connectivity index (χ1v) is 14.6. The van der Waals surface area contributed by atoms with E-state index in [0.717, 1.165) is 66.8 Å². The lowest BCUT2D eigenvalue weighted by Crippen LogP contribution is -2.38. The fraction of sp³-hybridized carbons (Fsp3) is 0.344. The topological polar surface area (TPSA) is 51.0 Å². The number of benzene rings is 3. The van der Waals surface area contributed by atoms with Gasteiger partial charge in [0.15, 0.2) is 11.0 Å². The molecular weight excluding hydrogens is 488 g/mol. The zero-order chi connectivity index (χ0) is 26.3. The number of rotatable bonds is 9. The van der Waals surface area contributed by atoms with Gasteiger partial charge in [-0.25, -0.2) is 0 Å². The molecule has 0 bridgehead atoms. The van der Waals surface area contributed by atoms with Crippen LogP contribution in [0.5, 0.6) is 0 Å². The van der Waals surface area contributed by atoms with Crippen LogP contribution in [0.2, 0.25) is 0 Å². The Bertz CT molecular complexity index is 1320. The monoisotopic (exact) mass is 524 g/mol. The maximum Gasteiger partial charge on any atom is 0.222 e. The number of hydrogen-bond donors (Lipinski definition) is 0. The highest BCUT2D eigenvalue weighted by atomic mass is 32.2. The first-order chi connectivity index (χ1) is 18.6. The molecule has 1 amide bonds. The normalized spacial score (nSPS) is 14.1. The first-order valence-electron chi connectivity index (χ1n) is 13.6. The largest absolute Gasteiger partial charge is 0.343 e. The van der Waals surface area contributed by atoms with Crippen LogP contribution in [-0.2, 0) is 11.2 Å². The SMILES string of the molecule is Cc1ccc(-c2nnc(SCCCC(=O)N3CCC(Cc4ccccc4)CC3)n2-c2ccc(C)cc2)cc1. The van der Waals surface area contributed by atoms with Gasteiger partial charge in [-0.1, -0.05) is 89.6 Å². The molecule has 1 fully saturated rings. The standard InChI is InChI=1S/C32H36N4OS/c1-24-10-14-28(15-11-24)31-33-34-32(36(31)29-16-12-25(2)13-17-29)38-22-6-9-30(37)35-20-18-27(19-21-35)23-26-7-4-3-5-8-26/h3-5,7-8,10-17,27H,6,9,18-23H2,1-2H3. The van der Waals surface area contributed by atoms with Gasteiger partial charge in [-0.15, -0.1) is 10.2 Å². The summed E-state index contributed by atoms with van der Waals surface area (Å²) in [5, 5.41) is 9.96. The van der Waals surface area contributed by atoms with Gasteiger partial charge in [-0.3, -0.25) is 9.36 Å². The van der Waals surface area contributed by atoms with Gasteiger partial charge >= 0.3 is 0 Å². The van der Waals surface area contributed by atoms with Crippen LogP contribution in [0.15, 0.2) is 84.0 Å². The summed E-state index contributed by atoms with van der Waals surface area (Å²) in [5.74, 6) is 2.62. The molecule has 0 atom stereocenters. The highest BCUT2D eigenvalue weighted by molar-refractivity contribution is 7.99. The molecule has 1 aliphatic heterocycles. The molecule has 5 nitrogen and oxygen atoms in total. The summed E-state index contributed by atoms with van der Waals surface area (Å²) < 4.78 is 2.13. The minimum Gasteiger partial charge on any atom is -0.343 e. The van der Waals surface area contributed by atoms with Crippen LogP contribution in [0.3, 0.4) is 0 Å². The molecule has 0 aliphatic carbocycles. The van der Waals surface area contributed by atoms with Crippen LogP contribution in [0.25, 0.3) is 17.1 Å². The molecular formula is C32H36N4OS. The number of thioether (sulfide) groups is 1. The van der Waals surface area contributed by atoms with Crippen LogP contribution >= 0.6 is 11.8 Å². The molecule has 3 aromatic carbocycles. The lowest BCUT2D eigenvalue weighted by molar-refractivity contribution is -0.132. The Kier molecular flexibility index (Phi) is 8.59. The molecule has 1 saturated heterocycles. The average Bonchev–Trinajstić information content (AvgIpc) is 3.36. The zero-order valence-electron chi connectivity index (χ0n) is 22.3. The molecule has 0 unspecified atom stereocenters. The Balaban J connectivity index is 1.16. The van der Waals surface area contributed by atoms with Crippen LogP contribution in [0.1, 0.15) is 42.4 Å². The van der Waals surface area contributed by atoms with E-state index in [2.05, 4.69) is 112 Å². The summed E-state index contributed by atoms with van der Waals surface area (Å²) in [7, 11) is 0. The summed E-state index contributed by atoms with van der Waals surface area (Å²) in [4.78, 5) is 15.0. The van der Waals surface area contributed by atoms with Gasteiger partial charge in [0.05, 0.1) is 0 Å². The number of amides is 1. The van der Waals surface area contributed by atoms with Gasteiger partial charge in [-0.2, -0.15) is 0 Å². The summed E-state index contributed by atoms with van der Waals surface area (Å²) >= 11 is 1.67. The number of carbonyl (C=O) groups excluding carboxylic acids is 1. The van der Waals surface area contributed by atoms with E-state index in [-0.39, 0.29) is 5.91 Å². The molecule has 6 heteroatoms. The van der Waals surface area contributed by atoms with Crippen molar-refractivity contribution in [1.29, 1.82) is 0 Å². The Labute approximate surface area is 230 Å². The molecule has 5 rings (SSSR count). The fourth-order valence-electron chi connectivity index (χ4n) is 5.06. The number of aromatic nitrogens is 3. The van der Waals surface area contributed by atoms with Crippen molar-refractivity contribution in [3.05, 3.63) is 95.6 Å². The molecule has 2 heterocycles. The van der Waals surface area contributed by atoms with Gasteiger partial charge in [0.1, 0.15) is 0 Å². The van der Waals surface area contributed by atoms with Crippen molar-refractivity contribution in [3.8, 4) is 17.1 Å². The van der Waals surface area contributed by atoms with E-state index >= 15 is 0 Å². The van der Waals surface area contributed by atoms with E-state index in [0.29, 0.717) is 12.3 Å². The average molecular weight is 525 g/mol. The van der Waals surface area contributed by atoms with E-state index in [1.807, 2.05) is 0 Å². The number of aryl methyl sites for hydroxylation is 2. The molecule has 4 aromatic rings. The van der Waals surface area contributed by atoms with Crippen molar-refractivity contribution in [3.63, 3.8) is 0 Å². The number of hydrogen-bond acceptors (Lipinski definition) is 4. The smallest absolute Gasteiger partial charge is 0.222 e. The molecule has 196 valence electrons. The third-order valence-electron chi connectivity index (χ3n) is 7.34. The molecule has 0 N–H and O–H groups in total. The number of likely N-dealkylation sites (tertiary alicyclic amines) is 1. The van der Waals surface area contributed by atoms with E-state index in [1.165, 1.54) is 16.7 Å². The van der Waals surface area contributed by atoms with Gasteiger partial charge < -0.3 is 4.90 Å². The van der Waals surface area contributed by atoms with Crippen molar-refractivity contribution in [1.82, 2.24) is 19.7 Å². The Morgan fingerprint density at radius 3 is 2.21 bits per heavy atom. The van der Waals surface area contributed by atoms with E-state index in [4.69, 9.17) is 0 Å². The Morgan fingerprint density at radius 1 is 0.868 bits per heavy atom. The van der Waals surface area contributed by atoms with Gasteiger partial charge in [0.25, 0.3) is 0 Å². The minimum absolute atomic E-state index is 0.282. The van der Waals surface area contributed by atoms with Crippen molar-refractivity contribution >= 4 is 17.7 Å². The van der Waals surface area contributed by atoms with Crippen molar-refractivity contribution < 1.29 is 4.79 Å². The highest BCUT2D eigenvalue weighted by Crippen LogP contribution is 2.29. The molecule has 1 aromatic heterocycles. The third kappa shape index (κ3) is 6.54. The van der Waals surface area contributed by atoms with Gasteiger partial charge in [0, 0.05) is 36.5 Å². The van der Waals surface area contributed by atoms with Gasteiger partial charge in [-0.05, 0) is 63.1 Å². The predicted octanol–water partition coefficient (Wildman–Crippen LogP) is 6.90. The maximum atomic E-state index is 12.9. The summed E-state index contributed by atoms with van der Waals surface area (Å²) in [6.45, 7) is 5.94. The van der Waals surface area contributed by atoms with Gasteiger partial charge in [0.2, 0.25) is 5.91 Å². The van der Waals surface area contributed by atoms with E-state index in [1.54, 1.807) is 11.8 Å². The molecule has 0 radical (unpaired) electrons. The summed E-state index contributed by atoms with van der Waals surface area (Å²) in [6, 6.07) is 27.6. The van der Waals surface area contributed by atoms with Crippen LogP contribution in [0.4, 0.5) is 0 Å². The second kappa shape index (κ2) is 12.4. The fourth-order valence-corrected chi connectivity index (χ4v) is 5.95. The van der Waals surface area contributed by atoms with Crippen LogP contribution < -0.4 is 0 Å². The number of nitrogens with zero attached hydrogens (tertiary/aromatic N) is 4. The summed E-state index contributed by atoms with van der Waals surface area (Å²) in [6.07, 6.45) is 4.72. The van der Waals surface area contributed by atoms with E-state index < -0.39 is 0 Å². The lowest BCUT2D eigenvalue weighted by atomic mass is 9.90. The Morgan fingerprint density at radius 2 is 1.53 bits per heavy atom. The van der Waals surface area contributed by atoms with Crippen molar-refractivity contribution in [2.24, 2.45) is 5.92 Å². The molecule has 0 spiro atoms. The van der Waals surface area contributed by atoms with Crippen molar-refractivity contribution in [2.75, 3.05) is 18.8 Å². The van der Waals surface area contributed by atoms with E-state index in [9.17, 15) is 4.79 Å². The predicted molar refractivity (Wildman–Crippen MR) is 156 cm³/mol. The molecule has 1 aliphatic rings.